The number of benzene rings is 1. The topological polar surface area (TPSA) is 124 Å². The number of nitrogens with zero attached hydrogens (tertiary/aromatic N) is 2. The van der Waals surface area contributed by atoms with Crippen LogP contribution in [0.2, 0.25) is 0 Å². The molecule has 29 heavy (non-hydrogen) atoms. The van der Waals surface area contributed by atoms with E-state index in [4.69, 9.17) is 10.2 Å². The summed E-state index contributed by atoms with van der Waals surface area (Å²) in [7, 11) is 0. The molecule has 0 fully saturated rings. The molecule has 0 radical (unpaired) electrons. The van der Waals surface area contributed by atoms with Crippen LogP contribution in [0, 0.1) is 5.92 Å². The Morgan fingerprint density at radius 1 is 1.07 bits per heavy atom. The third-order valence-corrected chi connectivity index (χ3v) is 4.32. The molecule has 2 N–H and O–H groups in total. The second-order valence-corrected chi connectivity index (χ2v) is 6.67. The summed E-state index contributed by atoms with van der Waals surface area (Å²) in [6, 6.07) is 6.13. The quantitative estimate of drug-likeness (QED) is 0.604. The zero-order valence-corrected chi connectivity index (χ0v) is 17.1. The van der Waals surface area contributed by atoms with Crippen LogP contribution in [-0.4, -0.2) is 39.6 Å². The second kappa shape index (κ2) is 11.7. The zero-order valence-electron chi connectivity index (χ0n) is 17.1. The molecule has 0 bridgehead atoms. The van der Waals surface area contributed by atoms with Gasteiger partial charge in [0.25, 0.3) is 5.91 Å². The molecule has 0 aromatic heterocycles. The monoisotopic (exact) mass is 404 g/mol. The number of carbonyl (C=O) groups is 4. The summed E-state index contributed by atoms with van der Waals surface area (Å²) in [5.74, 6) is -2.98. The average Bonchev–Trinajstić information content (AvgIpc) is 3.03. The summed E-state index contributed by atoms with van der Waals surface area (Å²) in [5, 5.41) is 22.9. The molecule has 0 saturated heterocycles. The maximum Gasteiger partial charge on any atom is 0.335 e. The number of hydrazone groups is 1. The van der Waals surface area contributed by atoms with Gasteiger partial charge in [0.05, 0.1) is 17.7 Å². The maximum atomic E-state index is 11.8. The van der Waals surface area contributed by atoms with Gasteiger partial charge < -0.3 is 10.2 Å². The molecule has 1 aliphatic heterocycles. The summed E-state index contributed by atoms with van der Waals surface area (Å²) in [6.07, 6.45) is 3.63. The molecular weight excluding hydrogens is 376 g/mol. The van der Waals surface area contributed by atoms with Gasteiger partial charge in [-0.05, 0) is 43.5 Å². The van der Waals surface area contributed by atoms with Crippen molar-refractivity contribution in [1.29, 1.82) is 0 Å². The predicted molar refractivity (Wildman–Crippen MR) is 109 cm³/mol. The van der Waals surface area contributed by atoms with E-state index < -0.39 is 17.9 Å². The van der Waals surface area contributed by atoms with Gasteiger partial charge in [-0.1, -0.05) is 27.2 Å². The summed E-state index contributed by atoms with van der Waals surface area (Å²) in [5.41, 5.74) is 1.68. The van der Waals surface area contributed by atoms with Gasteiger partial charge in [-0.3, -0.25) is 14.4 Å². The minimum atomic E-state index is -0.994. The summed E-state index contributed by atoms with van der Waals surface area (Å²) in [6.45, 7) is 5.62. The highest BCUT2D eigenvalue weighted by molar-refractivity contribution is 6.13. The lowest BCUT2D eigenvalue weighted by molar-refractivity contribution is -0.146. The van der Waals surface area contributed by atoms with Crippen LogP contribution in [0.3, 0.4) is 0 Å². The first-order chi connectivity index (χ1) is 13.7. The van der Waals surface area contributed by atoms with Gasteiger partial charge in [-0.2, -0.15) is 5.10 Å². The van der Waals surface area contributed by atoms with E-state index in [2.05, 4.69) is 5.10 Å². The van der Waals surface area contributed by atoms with E-state index in [1.54, 1.807) is 19.1 Å². The maximum absolute atomic E-state index is 11.8. The van der Waals surface area contributed by atoms with Gasteiger partial charge in [0.15, 0.2) is 0 Å². The van der Waals surface area contributed by atoms with Crippen molar-refractivity contribution in [3.63, 3.8) is 0 Å². The summed E-state index contributed by atoms with van der Waals surface area (Å²) in [4.78, 5) is 44.0. The first-order valence-corrected chi connectivity index (χ1v) is 9.73. The number of ketones is 1. The Morgan fingerprint density at radius 3 is 2.14 bits per heavy atom. The molecular formula is C21H28N2O6. The molecule has 158 valence electrons. The lowest BCUT2D eigenvalue weighted by Crippen LogP contribution is -2.22. The number of hydrogen-bond acceptors (Lipinski definition) is 5. The number of aromatic carboxylic acids is 1. The van der Waals surface area contributed by atoms with Gasteiger partial charge in [0, 0.05) is 12.1 Å². The Morgan fingerprint density at radius 2 is 1.69 bits per heavy atom. The second-order valence-electron chi connectivity index (χ2n) is 6.67. The number of carboxylic acid groups (broad SMARTS) is 2. The molecule has 1 amide bonds. The lowest BCUT2D eigenvalue weighted by atomic mass is 9.98. The van der Waals surface area contributed by atoms with Crippen molar-refractivity contribution in [2.24, 2.45) is 11.0 Å². The Hall–Kier alpha value is -3.03. The fourth-order valence-corrected chi connectivity index (χ4v) is 2.82. The fourth-order valence-electron chi connectivity index (χ4n) is 2.82. The van der Waals surface area contributed by atoms with Gasteiger partial charge in [0.1, 0.15) is 11.7 Å². The van der Waals surface area contributed by atoms with Gasteiger partial charge in [0.2, 0.25) is 0 Å². The summed E-state index contributed by atoms with van der Waals surface area (Å²) >= 11 is 0. The van der Waals surface area contributed by atoms with E-state index in [-0.39, 0.29) is 17.3 Å². The largest absolute Gasteiger partial charge is 0.481 e. The number of aliphatic carboxylic acids is 1. The number of carbonyl (C=O) groups excluding carboxylic acids is 2. The van der Waals surface area contributed by atoms with Crippen LogP contribution < -0.4 is 5.01 Å². The minimum absolute atomic E-state index is 0.0680. The molecule has 8 heteroatoms. The van der Waals surface area contributed by atoms with E-state index in [0.717, 1.165) is 25.0 Å². The highest BCUT2D eigenvalue weighted by atomic mass is 16.4. The van der Waals surface area contributed by atoms with Crippen molar-refractivity contribution in [3.8, 4) is 0 Å². The molecule has 8 nitrogen and oxygen atoms in total. The number of carboxylic acids is 2. The molecule has 0 aliphatic carbocycles. The molecule has 1 aromatic rings. The molecule has 1 aromatic carbocycles. The highest BCUT2D eigenvalue weighted by Crippen LogP contribution is 2.22. The van der Waals surface area contributed by atoms with E-state index in [0.29, 0.717) is 24.9 Å². The van der Waals surface area contributed by atoms with E-state index in [1.165, 1.54) is 17.1 Å². The van der Waals surface area contributed by atoms with Crippen LogP contribution in [0.1, 0.15) is 69.7 Å². The van der Waals surface area contributed by atoms with Crippen molar-refractivity contribution < 1.29 is 29.4 Å². The first kappa shape index (κ1) is 24.0. The Kier molecular flexibility index (Phi) is 9.71. The van der Waals surface area contributed by atoms with Crippen LogP contribution in [0.15, 0.2) is 29.4 Å². The summed E-state index contributed by atoms with van der Waals surface area (Å²) < 4.78 is 0. The van der Waals surface area contributed by atoms with E-state index >= 15 is 0 Å². The Bertz CT molecular complexity index is 770. The molecule has 1 heterocycles. The normalized spacial score (nSPS) is 14.0. The zero-order chi connectivity index (χ0) is 22.0. The molecule has 1 aliphatic rings. The smallest absolute Gasteiger partial charge is 0.335 e. The number of anilines is 1. The van der Waals surface area contributed by atoms with Crippen molar-refractivity contribution in [3.05, 3.63) is 29.8 Å². The number of hydrogen-bond donors (Lipinski definition) is 2. The van der Waals surface area contributed by atoms with E-state index in [9.17, 15) is 19.2 Å². The van der Waals surface area contributed by atoms with E-state index in [1.807, 2.05) is 13.8 Å². The van der Waals surface area contributed by atoms with Crippen molar-refractivity contribution >= 4 is 35.0 Å². The average molecular weight is 404 g/mol. The Labute approximate surface area is 170 Å². The van der Waals surface area contributed by atoms with Gasteiger partial charge in [-0.25, -0.2) is 9.80 Å². The SMILES string of the molecule is CCCC(=O)C(CC)C(=O)O.CCCC1=NN(c2ccc(C(=O)O)cc2)C(=O)C1. The van der Waals surface area contributed by atoms with Crippen molar-refractivity contribution in [2.75, 3.05) is 5.01 Å². The molecule has 0 saturated carbocycles. The van der Waals surface area contributed by atoms with Crippen molar-refractivity contribution in [1.82, 2.24) is 0 Å². The highest BCUT2D eigenvalue weighted by Gasteiger charge is 2.24. The van der Waals surface area contributed by atoms with Crippen molar-refractivity contribution in [2.45, 2.75) is 59.3 Å². The number of amides is 1. The molecule has 2 rings (SSSR count). The van der Waals surface area contributed by atoms with Crippen LogP contribution in [0.4, 0.5) is 5.69 Å². The fraction of sp³-hybridized carbons (Fsp3) is 0.476. The number of Topliss-reactive ketones (excluding diaryl/α,β-unsaturated/α-hetero) is 1. The molecule has 1 unspecified atom stereocenters. The Balaban J connectivity index is 0.000000331. The standard InChI is InChI=1S/C13H14N2O3.C8H14O3/c1-2-3-10-8-12(16)15(14-10)11-6-4-9(5-7-11)13(17)18;1-3-5-7(9)6(4-2)8(10)11/h4-7H,2-3,8H2,1H3,(H,17,18);6H,3-5H2,1-2H3,(H,10,11). The third-order valence-electron chi connectivity index (χ3n) is 4.32. The predicted octanol–water partition coefficient (Wildman–Crippen LogP) is 3.74. The van der Waals surface area contributed by atoms with Gasteiger partial charge >= 0.3 is 11.9 Å². The minimum Gasteiger partial charge on any atom is -0.481 e. The lowest BCUT2D eigenvalue weighted by Gasteiger charge is -2.11. The third kappa shape index (κ3) is 7.14. The molecule has 0 spiro atoms. The van der Waals surface area contributed by atoms with Crippen LogP contribution in [0.5, 0.6) is 0 Å². The van der Waals surface area contributed by atoms with Crippen LogP contribution in [-0.2, 0) is 14.4 Å². The van der Waals surface area contributed by atoms with Crippen LogP contribution >= 0.6 is 0 Å². The van der Waals surface area contributed by atoms with Gasteiger partial charge in [-0.15, -0.1) is 0 Å². The number of rotatable bonds is 9. The first-order valence-electron chi connectivity index (χ1n) is 9.73. The molecule has 1 atom stereocenters. The van der Waals surface area contributed by atoms with Crippen LogP contribution in [0.25, 0.3) is 0 Å².